The zero-order chi connectivity index (χ0) is 14.5. The Morgan fingerprint density at radius 1 is 1.47 bits per heavy atom. The number of carboxylic acid groups (broad SMARTS) is 1. The lowest BCUT2D eigenvalue weighted by atomic mass is 10.4. The van der Waals surface area contributed by atoms with E-state index in [1.807, 2.05) is 4.83 Å². The van der Waals surface area contributed by atoms with E-state index in [-0.39, 0.29) is 11.5 Å². The Hall–Kier alpha value is -2.47. The molecule has 0 aliphatic rings. The Morgan fingerprint density at radius 2 is 2.16 bits per heavy atom. The highest BCUT2D eigenvalue weighted by atomic mass is 32.2. The van der Waals surface area contributed by atoms with Gasteiger partial charge in [0.05, 0.1) is 4.92 Å². The number of nitrogens with one attached hydrogen (secondary N) is 3. The smallest absolute Gasteiger partial charge is 0.405 e. The van der Waals surface area contributed by atoms with Crippen molar-refractivity contribution in [3.05, 3.63) is 28.4 Å². The van der Waals surface area contributed by atoms with Gasteiger partial charge < -0.3 is 10.4 Å². The van der Waals surface area contributed by atoms with Gasteiger partial charge >= 0.3 is 6.09 Å². The molecule has 4 N–H and O–H groups in total. The Morgan fingerprint density at radius 3 is 2.63 bits per heavy atom. The zero-order valence-electron chi connectivity index (χ0n) is 9.23. The number of hydrogen-bond acceptors (Lipinski definition) is 7. The molecule has 0 bridgehead atoms. The summed E-state index contributed by atoms with van der Waals surface area (Å²) in [5.41, 5.74) is 1.92. The summed E-state index contributed by atoms with van der Waals surface area (Å²) in [7, 11) is -3.93. The van der Waals surface area contributed by atoms with Crippen molar-refractivity contribution in [1.82, 2.24) is 15.1 Å². The van der Waals surface area contributed by atoms with E-state index in [4.69, 9.17) is 5.11 Å². The van der Waals surface area contributed by atoms with E-state index in [1.165, 1.54) is 6.07 Å². The number of anilines is 1. The predicted molar refractivity (Wildman–Crippen MR) is 62.6 cm³/mol. The van der Waals surface area contributed by atoms with Crippen LogP contribution < -0.4 is 15.6 Å². The summed E-state index contributed by atoms with van der Waals surface area (Å²) in [5.74, 6) is -0.827. The maximum atomic E-state index is 11.2. The number of amides is 1. The molecule has 0 saturated heterocycles. The van der Waals surface area contributed by atoms with Crippen LogP contribution in [0.15, 0.2) is 18.3 Å². The summed E-state index contributed by atoms with van der Waals surface area (Å²) in [6.45, 7) is 0. The molecule has 1 rings (SSSR count). The third kappa shape index (κ3) is 5.13. The number of nitro groups is 1. The van der Waals surface area contributed by atoms with Crippen LogP contribution in [0, 0.1) is 10.1 Å². The van der Waals surface area contributed by atoms with Crippen LogP contribution in [0.2, 0.25) is 0 Å². The van der Waals surface area contributed by atoms with E-state index in [9.17, 15) is 23.3 Å². The van der Waals surface area contributed by atoms with Gasteiger partial charge in [-0.3, -0.25) is 15.5 Å². The van der Waals surface area contributed by atoms with Crippen molar-refractivity contribution in [1.29, 1.82) is 0 Å². The third-order valence-electron chi connectivity index (χ3n) is 1.71. The van der Waals surface area contributed by atoms with Crippen LogP contribution in [0.5, 0.6) is 0 Å². The van der Waals surface area contributed by atoms with E-state index in [1.54, 1.807) is 5.32 Å². The summed E-state index contributed by atoms with van der Waals surface area (Å²) in [5, 5.41) is 20.3. The maximum absolute atomic E-state index is 11.2. The SMILES string of the molecule is O=C(O)NCS(=O)(=O)NNc1ccc([N+](=O)[O-])cn1. The van der Waals surface area contributed by atoms with Crippen LogP contribution in [0.4, 0.5) is 16.3 Å². The lowest BCUT2D eigenvalue weighted by Crippen LogP contribution is -2.38. The first-order chi connectivity index (χ1) is 8.80. The lowest BCUT2D eigenvalue weighted by molar-refractivity contribution is -0.385. The molecule has 0 unspecified atom stereocenters. The molecular formula is C7H9N5O6S. The molecule has 0 aliphatic heterocycles. The van der Waals surface area contributed by atoms with Gasteiger partial charge in [0.1, 0.15) is 17.9 Å². The van der Waals surface area contributed by atoms with E-state index in [2.05, 4.69) is 10.4 Å². The second-order valence-electron chi connectivity index (χ2n) is 3.13. The second kappa shape index (κ2) is 5.92. The van der Waals surface area contributed by atoms with E-state index >= 15 is 0 Å². The molecular weight excluding hydrogens is 282 g/mol. The quantitative estimate of drug-likeness (QED) is 0.401. The predicted octanol–water partition coefficient (Wildman–Crippen LogP) is -0.539. The van der Waals surface area contributed by atoms with Crippen LogP contribution >= 0.6 is 0 Å². The molecule has 1 amide bonds. The zero-order valence-corrected chi connectivity index (χ0v) is 10.0. The molecule has 0 aromatic carbocycles. The fourth-order valence-corrected chi connectivity index (χ4v) is 1.54. The normalized spacial score (nSPS) is 10.7. The lowest BCUT2D eigenvalue weighted by Gasteiger charge is -2.08. The second-order valence-corrected chi connectivity index (χ2v) is 4.85. The molecule has 0 fully saturated rings. The Balaban J connectivity index is 2.56. The fourth-order valence-electron chi connectivity index (χ4n) is 0.891. The minimum Gasteiger partial charge on any atom is -0.465 e. The van der Waals surface area contributed by atoms with Gasteiger partial charge in [-0.15, -0.1) is 4.83 Å². The number of aromatic nitrogens is 1. The Bertz CT molecular complexity index is 570. The monoisotopic (exact) mass is 291 g/mol. The van der Waals surface area contributed by atoms with Crippen molar-refractivity contribution in [3.8, 4) is 0 Å². The van der Waals surface area contributed by atoms with E-state index in [0.29, 0.717) is 0 Å². The number of pyridine rings is 1. The highest BCUT2D eigenvalue weighted by Crippen LogP contribution is 2.10. The molecule has 19 heavy (non-hydrogen) atoms. The third-order valence-corrected chi connectivity index (χ3v) is 2.64. The van der Waals surface area contributed by atoms with Crippen molar-refractivity contribution in [2.24, 2.45) is 0 Å². The van der Waals surface area contributed by atoms with Gasteiger partial charge in [-0.1, -0.05) is 0 Å². The van der Waals surface area contributed by atoms with Crippen LogP contribution in [0.25, 0.3) is 0 Å². The minimum atomic E-state index is -3.93. The maximum Gasteiger partial charge on any atom is 0.405 e. The summed E-state index contributed by atoms with van der Waals surface area (Å²) < 4.78 is 22.5. The Kier molecular flexibility index (Phi) is 4.55. The Labute approximate surface area is 106 Å². The summed E-state index contributed by atoms with van der Waals surface area (Å²) >= 11 is 0. The fraction of sp³-hybridized carbons (Fsp3) is 0.143. The molecule has 1 aromatic rings. The number of sulfonamides is 1. The summed E-state index contributed by atoms with van der Waals surface area (Å²) in [6.07, 6.45) is -0.551. The summed E-state index contributed by atoms with van der Waals surface area (Å²) in [4.78, 5) is 25.2. The number of hydrogen-bond donors (Lipinski definition) is 4. The summed E-state index contributed by atoms with van der Waals surface area (Å²) in [6, 6.07) is 2.31. The van der Waals surface area contributed by atoms with Gasteiger partial charge in [-0.2, -0.15) is 0 Å². The number of nitrogens with zero attached hydrogens (tertiary/aromatic N) is 2. The topological polar surface area (TPSA) is 164 Å². The first kappa shape index (κ1) is 14.6. The molecule has 11 nitrogen and oxygen atoms in total. The van der Waals surface area contributed by atoms with Gasteiger partial charge in [0.25, 0.3) is 5.69 Å². The van der Waals surface area contributed by atoms with Crippen molar-refractivity contribution >= 4 is 27.6 Å². The van der Waals surface area contributed by atoms with Gasteiger partial charge in [0.2, 0.25) is 10.0 Å². The molecule has 104 valence electrons. The van der Waals surface area contributed by atoms with Crippen molar-refractivity contribution < 1.29 is 23.2 Å². The highest BCUT2D eigenvalue weighted by Gasteiger charge is 2.12. The van der Waals surface area contributed by atoms with E-state index < -0.39 is 26.9 Å². The van der Waals surface area contributed by atoms with Crippen molar-refractivity contribution in [3.63, 3.8) is 0 Å². The molecule has 0 aliphatic carbocycles. The van der Waals surface area contributed by atoms with Crippen molar-refractivity contribution in [2.45, 2.75) is 0 Å². The molecule has 0 atom stereocenters. The average molecular weight is 291 g/mol. The number of rotatable bonds is 6. The van der Waals surface area contributed by atoms with Gasteiger partial charge in [-0.05, 0) is 6.07 Å². The highest BCUT2D eigenvalue weighted by molar-refractivity contribution is 7.89. The molecule has 1 aromatic heterocycles. The first-order valence-electron chi connectivity index (χ1n) is 4.63. The minimum absolute atomic E-state index is 0.0181. The van der Waals surface area contributed by atoms with Crippen molar-refractivity contribution in [2.75, 3.05) is 11.3 Å². The van der Waals surface area contributed by atoms with Gasteiger partial charge in [0, 0.05) is 6.07 Å². The molecule has 1 heterocycles. The number of carbonyl (C=O) groups is 1. The van der Waals surface area contributed by atoms with Gasteiger partial charge in [0.15, 0.2) is 0 Å². The standard InChI is InChI=1S/C7H9N5O6S/c13-7(14)9-4-19(17,18)11-10-6-2-1-5(3-8-6)12(15)16/h1-3,9,11H,4H2,(H,8,10)(H,13,14). The van der Waals surface area contributed by atoms with Crippen LogP contribution in [0.1, 0.15) is 0 Å². The van der Waals surface area contributed by atoms with Crippen LogP contribution in [-0.4, -0.2) is 35.4 Å². The molecule has 0 saturated carbocycles. The number of hydrazine groups is 1. The average Bonchev–Trinajstić information content (AvgIpc) is 2.35. The van der Waals surface area contributed by atoms with Gasteiger partial charge in [-0.25, -0.2) is 18.2 Å². The first-order valence-corrected chi connectivity index (χ1v) is 6.28. The molecule has 0 radical (unpaired) electrons. The van der Waals surface area contributed by atoms with Crippen LogP contribution in [0.3, 0.4) is 0 Å². The molecule has 0 spiro atoms. The van der Waals surface area contributed by atoms with E-state index in [0.717, 1.165) is 12.3 Å². The molecule has 12 heteroatoms. The van der Waals surface area contributed by atoms with Crippen LogP contribution in [-0.2, 0) is 10.0 Å². The largest absolute Gasteiger partial charge is 0.465 e.